The molecule has 1 saturated heterocycles. The fourth-order valence-electron chi connectivity index (χ4n) is 2.89. The Morgan fingerprint density at radius 2 is 1.60 bits per heavy atom. The quantitative estimate of drug-likeness (QED) is 0.742. The molecular weight excluding hydrogens is 316 g/mol. The molecule has 1 aliphatic heterocycles. The maximum atomic E-state index is 12.7. The van der Waals surface area contributed by atoms with Gasteiger partial charge in [0.2, 0.25) is 5.91 Å². The molecule has 3 amide bonds. The first-order valence-corrected chi connectivity index (χ1v) is 8.01. The average Bonchev–Trinajstić information content (AvgIpc) is 2.64. The van der Waals surface area contributed by atoms with E-state index in [4.69, 9.17) is 11.5 Å². The smallest absolute Gasteiger partial charge is 0.325 e. The zero-order valence-electron chi connectivity index (χ0n) is 13.6. The van der Waals surface area contributed by atoms with Crippen molar-refractivity contribution in [1.82, 2.24) is 10.2 Å². The number of imide groups is 1. The van der Waals surface area contributed by atoms with Gasteiger partial charge in [0, 0.05) is 11.9 Å². The molecule has 25 heavy (non-hydrogen) atoms. The van der Waals surface area contributed by atoms with Crippen LogP contribution in [-0.2, 0) is 4.79 Å². The number of nitrogens with one attached hydrogen (secondary N) is 1. The van der Waals surface area contributed by atoms with E-state index in [1.165, 1.54) is 6.20 Å². The van der Waals surface area contributed by atoms with Crippen molar-refractivity contribution in [3.05, 3.63) is 83.7 Å². The van der Waals surface area contributed by atoms with Crippen LogP contribution in [0.2, 0.25) is 0 Å². The van der Waals surface area contributed by atoms with Gasteiger partial charge in [-0.05, 0) is 11.1 Å². The molecule has 0 aliphatic carbocycles. The molecule has 1 heterocycles. The maximum absolute atomic E-state index is 12.7. The number of nitrogens with zero attached hydrogens (tertiary/aromatic N) is 1. The summed E-state index contributed by atoms with van der Waals surface area (Å²) < 4.78 is 0. The molecule has 1 aliphatic rings. The van der Waals surface area contributed by atoms with E-state index in [1.54, 1.807) is 0 Å². The lowest BCUT2D eigenvalue weighted by molar-refractivity contribution is -0.139. The molecule has 6 nitrogen and oxygen atoms in total. The summed E-state index contributed by atoms with van der Waals surface area (Å²) in [4.78, 5) is 25.7. The second-order valence-corrected chi connectivity index (χ2v) is 5.85. The van der Waals surface area contributed by atoms with Crippen molar-refractivity contribution in [1.29, 1.82) is 0 Å². The standard InChI is InChI=1S/C19H20N4O2/c20-12-15(21)16-11-17(24)23(16)19(25)22-18(13-7-3-1-4-8-13)14-9-5-2-6-10-14/h1-10,12,16,18H,11,20-21H2,(H,22,25)/b15-12-. The second-order valence-electron chi connectivity index (χ2n) is 5.85. The van der Waals surface area contributed by atoms with E-state index in [1.807, 2.05) is 60.7 Å². The Morgan fingerprint density at radius 1 is 1.08 bits per heavy atom. The topological polar surface area (TPSA) is 101 Å². The van der Waals surface area contributed by atoms with E-state index in [9.17, 15) is 9.59 Å². The number of carbonyl (C=O) groups is 2. The fraction of sp³-hybridized carbons (Fsp3) is 0.158. The van der Waals surface area contributed by atoms with E-state index in [0.717, 1.165) is 16.0 Å². The molecule has 3 rings (SSSR count). The summed E-state index contributed by atoms with van der Waals surface area (Å²) in [6.45, 7) is 0. The van der Waals surface area contributed by atoms with Crippen LogP contribution < -0.4 is 16.8 Å². The number of hydrogen-bond acceptors (Lipinski definition) is 4. The van der Waals surface area contributed by atoms with Crippen LogP contribution in [0.25, 0.3) is 0 Å². The highest BCUT2D eigenvalue weighted by molar-refractivity contribution is 6.00. The van der Waals surface area contributed by atoms with Gasteiger partial charge < -0.3 is 16.8 Å². The van der Waals surface area contributed by atoms with Gasteiger partial charge in [-0.3, -0.25) is 9.69 Å². The summed E-state index contributed by atoms with van der Waals surface area (Å²) >= 11 is 0. The van der Waals surface area contributed by atoms with Gasteiger partial charge in [0.15, 0.2) is 0 Å². The summed E-state index contributed by atoms with van der Waals surface area (Å²) in [5.74, 6) is -0.271. The fourth-order valence-corrected chi connectivity index (χ4v) is 2.89. The van der Waals surface area contributed by atoms with Gasteiger partial charge in [0.1, 0.15) is 0 Å². The van der Waals surface area contributed by atoms with Crippen molar-refractivity contribution in [2.45, 2.75) is 18.5 Å². The molecule has 128 valence electrons. The highest BCUT2D eigenvalue weighted by Gasteiger charge is 2.42. The molecule has 0 saturated carbocycles. The highest BCUT2D eigenvalue weighted by Crippen LogP contribution is 2.26. The summed E-state index contributed by atoms with van der Waals surface area (Å²) in [5.41, 5.74) is 13.4. The number of carbonyl (C=O) groups excluding carboxylic acids is 2. The van der Waals surface area contributed by atoms with Crippen LogP contribution in [0, 0.1) is 0 Å². The molecule has 6 heteroatoms. The predicted octanol–water partition coefficient (Wildman–Crippen LogP) is 1.85. The Labute approximate surface area is 146 Å². The van der Waals surface area contributed by atoms with Crippen molar-refractivity contribution in [3.8, 4) is 0 Å². The second kappa shape index (κ2) is 7.09. The summed E-state index contributed by atoms with van der Waals surface area (Å²) in [5, 5.41) is 2.93. The molecule has 2 aromatic rings. The molecule has 0 radical (unpaired) electrons. The number of urea groups is 1. The average molecular weight is 336 g/mol. The number of rotatable bonds is 4. The Balaban J connectivity index is 1.86. The van der Waals surface area contributed by atoms with E-state index in [0.29, 0.717) is 5.70 Å². The minimum absolute atomic E-state index is 0.189. The summed E-state index contributed by atoms with van der Waals surface area (Å²) in [6, 6.07) is 17.8. The van der Waals surface area contributed by atoms with Crippen LogP contribution in [0.4, 0.5) is 4.79 Å². The van der Waals surface area contributed by atoms with Crippen LogP contribution in [0.15, 0.2) is 72.6 Å². The van der Waals surface area contributed by atoms with Gasteiger partial charge >= 0.3 is 6.03 Å². The molecule has 1 atom stereocenters. The Bertz CT molecular complexity index is 750. The van der Waals surface area contributed by atoms with Gasteiger partial charge in [-0.2, -0.15) is 0 Å². The zero-order valence-corrected chi connectivity index (χ0v) is 13.6. The monoisotopic (exact) mass is 336 g/mol. The van der Waals surface area contributed by atoms with E-state index in [2.05, 4.69) is 5.32 Å². The number of β-lactam (4-membered cyclic amide) rings is 1. The highest BCUT2D eigenvalue weighted by atomic mass is 16.2. The Hall–Kier alpha value is -3.28. The largest absolute Gasteiger partial charge is 0.403 e. The Kier molecular flexibility index (Phi) is 4.70. The third-order valence-corrected chi connectivity index (χ3v) is 4.28. The van der Waals surface area contributed by atoms with E-state index in [-0.39, 0.29) is 18.4 Å². The van der Waals surface area contributed by atoms with Crippen molar-refractivity contribution >= 4 is 11.9 Å². The van der Waals surface area contributed by atoms with E-state index < -0.39 is 12.1 Å². The maximum Gasteiger partial charge on any atom is 0.325 e. The summed E-state index contributed by atoms with van der Waals surface area (Å²) in [7, 11) is 0. The number of likely N-dealkylation sites (tertiary alicyclic amines) is 1. The van der Waals surface area contributed by atoms with Gasteiger partial charge in [0.25, 0.3) is 0 Å². The van der Waals surface area contributed by atoms with Crippen LogP contribution >= 0.6 is 0 Å². The van der Waals surface area contributed by atoms with Gasteiger partial charge in [0.05, 0.1) is 18.5 Å². The SMILES string of the molecule is N/C=C(\N)C1CC(=O)N1C(=O)NC(c1ccccc1)c1ccccc1. The first-order valence-electron chi connectivity index (χ1n) is 8.01. The van der Waals surface area contributed by atoms with Gasteiger partial charge in [-0.15, -0.1) is 0 Å². The van der Waals surface area contributed by atoms with Crippen molar-refractivity contribution in [2.75, 3.05) is 0 Å². The lowest BCUT2D eigenvalue weighted by Crippen LogP contribution is -2.60. The third-order valence-electron chi connectivity index (χ3n) is 4.28. The lowest BCUT2D eigenvalue weighted by atomic mass is 9.97. The van der Waals surface area contributed by atoms with Crippen LogP contribution in [-0.4, -0.2) is 22.9 Å². The first kappa shape index (κ1) is 16.6. The van der Waals surface area contributed by atoms with Crippen LogP contribution in [0.3, 0.4) is 0 Å². The van der Waals surface area contributed by atoms with Gasteiger partial charge in [-0.1, -0.05) is 60.7 Å². The molecular formula is C19H20N4O2. The molecule has 0 aromatic heterocycles. The third kappa shape index (κ3) is 3.33. The molecule has 1 fully saturated rings. The van der Waals surface area contributed by atoms with Gasteiger partial charge in [-0.25, -0.2) is 4.79 Å². The predicted molar refractivity (Wildman–Crippen MR) is 95.0 cm³/mol. The number of nitrogens with two attached hydrogens (primary N) is 2. The molecule has 0 bridgehead atoms. The zero-order chi connectivity index (χ0) is 17.8. The normalized spacial score (nSPS) is 17.3. The first-order chi connectivity index (χ1) is 12.1. The van der Waals surface area contributed by atoms with Crippen molar-refractivity contribution in [2.24, 2.45) is 11.5 Å². The minimum atomic E-state index is -0.483. The lowest BCUT2D eigenvalue weighted by Gasteiger charge is -2.39. The minimum Gasteiger partial charge on any atom is -0.403 e. The molecule has 5 N–H and O–H groups in total. The molecule has 2 aromatic carbocycles. The number of amides is 3. The van der Waals surface area contributed by atoms with Crippen LogP contribution in [0.1, 0.15) is 23.6 Å². The molecule has 1 unspecified atom stereocenters. The number of benzene rings is 2. The number of hydrogen-bond donors (Lipinski definition) is 3. The van der Waals surface area contributed by atoms with Crippen molar-refractivity contribution < 1.29 is 9.59 Å². The molecule has 0 spiro atoms. The Morgan fingerprint density at radius 3 is 2.04 bits per heavy atom. The van der Waals surface area contributed by atoms with E-state index >= 15 is 0 Å². The summed E-state index contributed by atoms with van der Waals surface area (Å²) in [6.07, 6.45) is 1.41. The van der Waals surface area contributed by atoms with Crippen LogP contribution in [0.5, 0.6) is 0 Å². The van der Waals surface area contributed by atoms with Crippen molar-refractivity contribution in [3.63, 3.8) is 0 Å².